The molecule has 0 heterocycles. The standard InChI is InChI=1S/C18H19F2NO3/c1-13-4-8-15(9-5-13)23-12-2-3-17(22)21-14-6-10-16(11-7-14)24-18(19)20/h4-11,18H,2-3,12H2,1H3,(H,21,22). The predicted octanol–water partition coefficient (Wildman–Crippen LogP) is 4.39. The Balaban J connectivity index is 1.68. The minimum atomic E-state index is -2.86. The molecule has 0 bridgehead atoms. The fraction of sp³-hybridized carbons (Fsp3) is 0.278. The molecule has 0 aromatic heterocycles. The van der Waals surface area contributed by atoms with Gasteiger partial charge in [-0.25, -0.2) is 0 Å². The van der Waals surface area contributed by atoms with Gasteiger partial charge in [0.25, 0.3) is 0 Å². The summed E-state index contributed by atoms with van der Waals surface area (Å²) in [5.74, 6) is 0.662. The fourth-order valence-electron chi connectivity index (χ4n) is 2.00. The average molecular weight is 335 g/mol. The number of benzene rings is 2. The van der Waals surface area contributed by atoms with E-state index in [0.717, 1.165) is 11.3 Å². The van der Waals surface area contributed by atoms with E-state index in [0.29, 0.717) is 25.1 Å². The van der Waals surface area contributed by atoms with Crippen LogP contribution >= 0.6 is 0 Å². The van der Waals surface area contributed by atoms with Gasteiger partial charge in [0.1, 0.15) is 11.5 Å². The molecule has 0 unspecified atom stereocenters. The van der Waals surface area contributed by atoms with Crippen molar-refractivity contribution in [2.45, 2.75) is 26.4 Å². The van der Waals surface area contributed by atoms with Crippen molar-refractivity contribution in [1.29, 1.82) is 0 Å². The number of hydrogen-bond donors (Lipinski definition) is 1. The lowest BCUT2D eigenvalue weighted by atomic mass is 10.2. The van der Waals surface area contributed by atoms with Crippen molar-refractivity contribution in [3.63, 3.8) is 0 Å². The smallest absolute Gasteiger partial charge is 0.387 e. The monoisotopic (exact) mass is 335 g/mol. The average Bonchev–Trinajstić information content (AvgIpc) is 2.55. The molecule has 0 aliphatic heterocycles. The molecule has 24 heavy (non-hydrogen) atoms. The minimum Gasteiger partial charge on any atom is -0.494 e. The molecule has 2 rings (SSSR count). The van der Waals surface area contributed by atoms with Gasteiger partial charge in [0.05, 0.1) is 6.61 Å². The normalized spacial score (nSPS) is 10.5. The van der Waals surface area contributed by atoms with Crippen molar-refractivity contribution in [2.75, 3.05) is 11.9 Å². The third kappa shape index (κ3) is 6.24. The van der Waals surface area contributed by atoms with Crippen LogP contribution in [0.4, 0.5) is 14.5 Å². The molecule has 2 aromatic rings. The molecular formula is C18H19F2NO3. The van der Waals surface area contributed by atoms with Crippen molar-refractivity contribution in [3.8, 4) is 11.5 Å². The Morgan fingerprint density at radius 2 is 1.67 bits per heavy atom. The van der Waals surface area contributed by atoms with Crippen LogP contribution in [0, 0.1) is 6.92 Å². The molecule has 0 aliphatic rings. The van der Waals surface area contributed by atoms with E-state index in [1.165, 1.54) is 24.3 Å². The first-order chi connectivity index (χ1) is 11.5. The van der Waals surface area contributed by atoms with Crippen LogP contribution in [0.5, 0.6) is 11.5 Å². The fourth-order valence-corrected chi connectivity index (χ4v) is 2.00. The molecule has 0 fully saturated rings. The maximum atomic E-state index is 12.0. The molecule has 0 atom stereocenters. The lowest BCUT2D eigenvalue weighted by Gasteiger charge is -2.08. The number of aryl methyl sites for hydroxylation is 1. The maximum absolute atomic E-state index is 12.0. The first-order valence-electron chi connectivity index (χ1n) is 7.57. The van der Waals surface area contributed by atoms with Crippen LogP contribution in [0.25, 0.3) is 0 Å². The highest BCUT2D eigenvalue weighted by atomic mass is 19.3. The molecule has 0 saturated heterocycles. The van der Waals surface area contributed by atoms with Crippen molar-refractivity contribution in [2.24, 2.45) is 0 Å². The Bertz CT molecular complexity index is 642. The first kappa shape index (κ1) is 17.7. The summed E-state index contributed by atoms with van der Waals surface area (Å²) < 4.78 is 33.9. The largest absolute Gasteiger partial charge is 0.494 e. The van der Waals surface area contributed by atoms with E-state index >= 15 is 0 Å². The molecular weight excluding hydrogens is 316 g/mol. The van der Waals surface area contributed by atoms with Crippen LogP contribution < -0.4 is 14.8 Å². The van der Waals surface area contributed by atoms with Crippen LogP contribution in [0.2, 0.25) is 0 Å². The van der Waals surface area contributed by atoms with Gasteiger partial charge >= 0.3 is 6.61 Å². The highest BCUT2D eigenvalue weighted by molar-refractivity contribution is 5.90. The molecule has 0 saturated carbocycles. The maximum Gasteiger partial charge on any atom is 0.387 e. The van der Waals surface area contributed by atoms with Crippen molar-refractivity contribution in [1.82, 2.24) is 0 Å². The van der Waals surface area contributed by atoms with Gasteiger partial charge in [0.2, 0.25) is 5.91 Å². The second-order valence-corrected chi connectivity index (χ2v) is 5.22. The van der Waals surface area contributed by atoms with Crippen molar-refractivity contribution < 1.29 is 23.0 Å². The van der Waals surface area contributed by atoms with E-state index in [-0.39, 0.29) is 11.7 Å². The Hall–Kier alpha value is -2.63. The number of nitrogens with one attached hydrogen (secondary N) is 1. The number of halogens is 2. The van der Waals surface area contributed by atoms with Gasteiger partial charge in [-0.3, -0.25) is 4.79 Å². The first-order valence-corrected chi connectivity index (χ1v) is 7.57. The van der Waals surface area contributed by atoms with E-state index in [9.17, 15) is 13.6 Å². The summed E-state index contributed by atoms with van der Waals surface area (Å²) in [7, 11) is 0. The predicted molar refractivity (Wildman–Crippen MR) is 87.6 cm³/mol. The topological polar surface area (TPSA) is 47.6 Å². The molecule has 1 N–H and O–H groups in total. The Kier molecular flexibility index (Phi) is 6.54. The molecule has 128 valence electrons. The molecule has 0 aliphatic carbocycles. The third-order valence-electron chi connectivity index (χ3n) is 3.20. The van der Waals surface area contributed by atoms with E-state index in [4.69, 9.17) is 4.74 Å². The zero-order valence-corrected chi connectivity index (χ0v) is 13.3. The van der Waals surface area contributed by atoms with Gasteiger partial charge in [0, 0.05) is 12.1 Å². The molecule has 0 radical (unpaired) electrons. The number of hydrogen-bond acceptors (Lipinski definition) is 3. The lowest BCUT2D eigenvalue weighted by molar-refractivity contribution is -0.116. The zero-order valence-electron chi connectivity index (χ0n) is 13.3. The molecule has 4 nitrogen and oxygen atoms in total. The number of rotatable bonds is 8. The van der Waals surface area contributed by atoms with E-state index in [2.05, 4.69) is 10.1 Å². The molecule has 0 spiro atoms. The molecule has 6 heteroatoms. The summed E-state index contributed by atoms with van der Waals surface area (Å²) in [6, 6.07) is 13.5. The summed E-state index contributed by atoms with van der Waals surface area (Å²) in [5.41, 5.74) is 1.69. The van der Waals surface area contributed by atoms with Crippen LogP contribution in [0.1, 0.15) is 18.4 Å². The highest BCUT2D eigenvalue weighted by Gasteiger charge is 2.06. The number of anilines is 1. The van der Waals surface area contributed by atoms with Gasteiger partial charge in [-0.1, -0.05) is 17.7 Å². The van der Waals surface area contributed by atoms with Gasteiger partial charge in [-0.15, -0.1) is 0 Å². The van der Waals surface area contributed by atoms with Gasteiger partial charge in [-0.2, -0.15) is 8.78 Å². The summed E-state index contributed by atoms with van der Waals surface area (Å²) in [5, 5.41) is 2.69. The third-order valence-corrected chi connectivity index (χ3v) is 3.20. The van der Waals surface area contributed by atoms with E-state index in [1.807, 2.05) is 31.2 Å². The Labute approximate surface area is 139 Å². The second kappa shape index (κ2) is 8.86. The SMILES string of the molecule is Cc1ccc(OCCCC(=O)Nc2ccc(OC(F)F)cc2)cc1. The van der Waals surface area contributed by atoms with Crippen LogP contribution in [0.3, 0.4) is 0 Å². The number of amides is 1. The molecule has 2 aromatic carbocycles. The van der Waals surface area contributed by atoms with Gasteiger partial charge in [0.15, 0.2) is 0 Å². The zero-order chi connectivity index (χ0) is 17.4. The van der Waals surface area contributed by atoms with Gasteiger partial charge in [-0.05, 0) is 49.7 Å². The minimum absolute atomic E-state index is 0.0505. The number of carbonyl (C=O) groups is 1. The number of alkyl halides is 2. The lowest BCUT2D eigenvalue weighted by Crippen LogP contribution is -2.12. The summed E-state index contributed by atoms with van der Waals surface area (Å²) in [6.45, 7) is -0.420. The highest BCUT2D eigenvalue weighted by Crippen LogP contribution is 2.18. The van der Waals surface area contributed by atoms with Crippen LogP contribution in [-0.2, 0) is 4.79 Å². The Morgan fingerprint density at radius 3 is 2.29 bits per heavy atom. The number of ether oxygens (including phenoxy) is 2. The van der Waals surface area contributed by atoms with E-state index in [1.54, 1.807) is 0 Å². The Morgan fingerprint density at radius 1 is 1.04 bits per heavy atom. The molecule has 1 amide bonds. The summed E-state index contributed by atoms with van der Waals surface area (Å²) in [6.07, 6.45) is 0.882. The van der Waals surface area contributed by atoms with Crippen LogP contribution in [-0.4, -0.2) is 19.1 Å². The van der Waals surface area contributed by atoms with Gasteiger partial charge < -0.3 is 14.8 Å². The van der Waals surface area contributed by atoms with Crippen molar-refractivity contribution >= 4 is 11.6 Å². The quantitative estimate of drug-likeness (QED) is 0.728. The summed E-state index contributed by atoms with van der Waals surface area (Å²) in [4.78, 5) is 11.8. The van der Waals surface area contributed by atoms with Crippen molar-refractivity contribution in [3.05, 3.63) is 54.1 Å². The van der Waals surface area contributed by atoms with E-state index < -0.39 is 6.61 Å². The second-order valence-electron chi connectivity index (χ2n) is 5.22. The number of carbonyl (C=O) groups excluding carboxylic acids is 1. The summed E-state index contributed by atoms with van der Waals surface area (Å²) >= 11 is 0. The van der Waals surface area contributed by atoms with Crippen LogP contribution in [0.15, 0.2) is 48.5 Å².